The molecule has 1 aromatic carbocycles. The van der Waals surface area contributed by atoms with E-state index >= 15 is 0 Å². The molecule has 0 amide bonds. The zero-order valence-corrected chi connectivity index (χ0v) is 11.6. The van der Waals surface area contributed by atoms with Crippen molar-refractivity contribution in [1.82, 2.24) is 4.72 Å². The molecule has 0 fully saturated rings. The number of rotatable bonds is 5. The molecule has 0 unspecified atom stereocenters. The van der Waals surface area contributed by atoms with Crippen LogP contribution in [0.25, 0.3) is 0 Å². The van der Waals surface area contributed by atoms with Gasteiger partial charge >= 0.3 is 0 Å². The van der Waals surface area contributed by atoms with Gasteiger partial charge in [0, 0.05) is 6.54 Å². The van der Waals surface area contributed by atoms with Gasteiger partial charge in [-0.3, -0.25) is 0 Å². The minimum atomic E-state index is -3.65. The average molecular weight is 300 g/mol. The standard InChI is InChI=1S/C12H13FN2O2S2/c13-11-2-1-10(7-12(11)14)19(16,17)15-5-3-9-4-6-18-8-9/h1-2,4,6-8,15H,3,5,14H2. The summed E-state index contributed by atoms with van der Waals surface area (Å²) < 4.78 is 39.3. The number of benzene rings is 1. The van der Waals surface area contributed by atoms with Crippen molar-refractivity contribution in [2.24, 2.45) is 0 Å². The van der Waals surface area contributed by atoms with Gasteiger partial charge in [-0.1, -0.05) is 0 Å². The number of hydrogen-bond acceptors (Lipinski definition) is 4. The molecule has 0 saturated carbocycles. The van der Waals surface area contributed by atoms with Crippen LogP contribution in [0.1, 0.15) is 5.56 Å². The average Bonchev–Trinajstić information content (AvgIpc) is 2.85. The molecule has 0 radical (unpaired) electrons. The van der Waals surface area contributed by atoms with Crippen molar-refractivity contribution in [2.45, 2.75) is 11.3 Å². The first-order chi connectivity index (χ1) is 8.99. The van der Waals surface area contributed by atoms with Gasteiger partial charge in [-0.05, 0) is 47.0 Å². The molecular weight excluding hydrogens is 287 g/mol. The van der Waals surface area contributed by atoms with E-state index in [0.717, 1.165) is 17.7 Å². The number of thiophene rings is 1. The SMILES string of the molecule is Nc1cc(S(=O)(=O)NCCc2ccsc2)ccc1F. The molecule has 1 heterocycles. The van der Waals surface area contributed by atoms with Crippen LogP contribution in [-0.2, 0) is 16.4 Å². The Morgan fingerprint density at radius 3 is 2.74 bits per heavy atom. The van der Waals surface area contributed by atoms with Gasteiger partial charge in [-0.25, -0.2) is 17.5 Å². The van der Waals surface area contributed by atoms with E-state index in [1.54, 1.807) is 11.3 Å². The summed E-state index contributed by atoms with van der Waals surface area (Å²) in [6.07, 6.45) is 0.611. The van der Waals surface area contributed by atoms with Crippen molar-refractivity contribution in [2.75, 3.05) is 12.3 Å². The maximum Gasteiger partial charge on any atom is 0.240 e. The third kappa shape index (κ3) is 3.52. The van der Waals surface area contributed by atoms with Crippen molar-refractivity contribution in [1.29, 1.82) is 0 Å². The number of sulfonamides is 1. The Morgan fingerprint density at radius 1 is 1.32 bits per heavy atom. The lowest BCUT2D eigenvalue weighted by atomic mass is 10.2. The van der Waals surface area contributed by atoms with Crippen molar-refractivity contribution < 1.29 is 12.8 Å². The highest BCUT2D eigenvalue weighted by atomic mass is 32.2. The Balaban J connectivity index is 2.03. The smallest absolute Gasteiger partial charge is 0.240 e. The predicted octanol–water partition coefficient (Wildman–Crippen LogP) is 1.99. The van der Waals surface area contributed by atoms with E-state index in [1.165, 1.54) is 6.07 Å². The Bertz CT molecular complexity index is 654. The van der Waals surface area contributed by atoms with Crippen LogP contribution in [0.4, 0.5) is 10.1 Å². The molecule has 19 heavy (non-hydrogen) atoms. The molecular formula is C12H13FN2O2S2. The largest absolute Gasteiger partial charge is 0.396 e. The molecule has 2 rings (SSSR count). The van der Waals surface area contributed by atoms with E-state index < -0.39 is 15.8 Å². The van der Waals surface area contributed by atoms with Crippen molar-refractivity contribution in [3.8, 4) is 0 Å². The Labute approximate surface area is 115 Å². The third-order valence-electron chi connectivity index (χ3n) is 2.56. The summed E-state index contributed by atoms with van der Waals surface area (Å²) in [5.74, 6) is -0.628. The number of nitrogens with one attached hydrogen (secondary N) is 1. The van der Waals surface area contributed by atoms with E-state index in [-0.39, 0.29) is 17.1 Å². The van der Waals surface area contributed by atoms with Crippen molar-refractivity contribution >= 4 is 27.0 Å². The van der Waals surface area contributed by atoms with Crippen LogP contribution in [0.2, 0.25) is 0 Å². The second kappa shape index (κ2) is 5.68. The molecule has 0 aliphatic rings. The van der Waals surface area contributed by atoms with Gasteiger partial charge in [-0.2, -0.15) is 11.3 Å². The Morgan fingerprint density at radius 2 is 2.11 bits per heavy atom. The summed E-state index contributed by atoms with van der Waals surface area (Å²) >= 11 is 1.56. The fourth-order valence-corrected chi connectivity index (χ4v) is 3.31. The maximum absolute atomic E-state index is 13.0. The summed E-state index contributed by atoms with van der Waals surface area (Å²) in [7, 11) is -3.65. The normalized spacial score (nSPS) is 11.6. The number of halogens is 1. The minimum Gasteiger partial charge on any atom is -0.396 e. The second-order valence-electron chi connectivity index (χ2n) is 3.96. The molecule has 0 aliphatic heterocycles. The summed E-state index contributed by atoms with van der Waals surface area (Å²) in [5, 5.41) is 3.90. The van der Waals surface area contributed by atoms with Crippen LogP contribution in [0.5, 0.6) is 0 Å². The van der Waals surface area contributed by atoms with Crippen LogP contribution in [0.15, 0.2) is 39.9 Å². The topological polar surface area (TPSA) is 72.2 Å². The number of nitrogens with two attached hydrogens (primary N) is 1. The van der Waals surface area contributed by atoms with E-state index in [0.29, 0.717) is 6.42 Å². The zero-order valence-electron chi connectivity index (χ0n) is 9.97. The molecule has 102 valence electrons. The van der Waals surface area contributed by atoms with Gasteiger partial charge in [0.25, 0.3) is 0 Å². The molecule has 0 spiro atoms. The van der Waals surface area contributed by atoms with Gasteiger partial charge in [0.05, 0.1) is 10.6 Å². The van der Waals surface area contributed by atoms with Gasteiger partial charge in [0.1, 0.15) is 5.82 Å². The van der Waals surface area contributed by atoms with Gasteiger partial charge < -0.3 is 5.73 Å². The molecule has 1 aromatic heterocycles. The van der Waals surface area contributed by atoms with Gasteiger partial charge in [-0.15, -0.1) is 0 Å². The Hall–Kier alpha value is -1.44. The molecule has 7 heteroatoms. The highest BCUT2D eigenvalue weighted by Crippen LogP contribution is 2.16. The maximum atomic E-state index is 13.0. The monoisotopic (exact) mass is 300 g/mol. The molecule has 0 saturated heterocycles. The van der Waals surface area contributed by atoms with Crippen molar-refractivity contribution in [3.63, 3.8) is 0 Å². The lowest BCUT2D eigenvalue weighted by Crippen LogP contribution is -2.26. The first kappa shape index (κ1) is 14.0. The molecule has 3 N–H and O–H groups in total. The first-order valence-electron chi connectivity index (χ1n) is 5.55. The third-order valence-corrected chi connectivity index (χ3v) is 4.75. The second-order valence-corrected chi connectivity index (χ2v) is 6.51. The summed E-state index contributed by atoms with van der Waals surface area (Å²) in [4.78, 5) is -0.0308. The molecule has 0 atom stereocenters. The highest BCUT2D eigenvalue weighted by Gasteiger charge is 2.14. The summed E-state index contributed by atoms with van der Waals surface area (Å²) in [5.41, 5.74) is 6.25. The minimum absolute atomic E-state index is 0.0308. The number of nitrogen functional groups attached to an aromatic ring is 1. The van der Waals surface area contributed by atoms with Crippen molar-refractivity contribution in [3.05, 3.63) is 46.4 Å². The lowest BCUT2D eigenvalue weighted by molar-refractivity contribution is 0.581. The van der Waals surface area contributed by atoms with E-state index in [4.69, 9.17) is 5.73 Å². The first-order valence-corrected chi connectivity index (χ1v) is 7.97. The number of anilines is 1. The van der Waals surface area contributed by atoms with Gasteiger partial charge in [0.15, 0.2) is 0 Å². The molecule has 2 aromatic rings. The Kier molecular flexibility index (Phi) is 4.18. The summed E-state index contributed by atoms with van der Waals surface area (Å²) in [6.45, 7) is 0.288. The fraction of sp³-hybridized carbons (Fsp3) is 0.167. The van der Waals surface area contributed by atoms with E-state index in [1.807, 2.05) is 16.8 Å². The molecule has 0 bridgehead atoms. The van der Waals surface area contributed by atoms with Crippen LogP contribution < -0.4 is 10.5 Å². The van der Waals surface area contributed by atoms with Crippen LogP contribution in [0.3, 0.4) is 0 Å². The predicted molar refractivity (Wildman–Crippen MR) is 74.0 cm³/mol. The molecule has 0 aliphatic carbocycles. The summed E-state index contributed by atoms with van der Waals surface area (Å²) in [6, 6.07) is 5.29. The van der Waals surface area contributed by atoms with E-state index in [9.17, 15) is 12.8 Å². The van der Waals surface area contributed by atoms with Crippen LogP contribution in [0, 0.1) is 5.82 Å². The lowest BCUT2D eigenvalue weighted by Gasteiger charge is -2.07. The number of hydrogen-bond donors (Lipinski definition) is 2. The fourth-order valence-electron chi connectivity index (χ4n) is 1.54. The van der Waals surface area contributed by atoms with E-state index in [2.05, 4.69) is 4.72 Å². The van der Waals surface area contributed by atoms with Crippen LogP contribution in [-0.4, -0.2) is 15.0 Å². The highest BCUT2D eigenvalue weighted by molar-refractivity contribution is 7.89. The van der Waals surface area contributed by atoms with Crippen LogP contribution >= 0.6 is 11.3 Å². The molecule has 4 nitrogen and oxygen atoms in total. The van der Waals surface area contributed by atoms with Gasteiger partial charge in [0.2, 0.25) is 10.0 Å². The zero-order chi connectivity index (χ0) is 13.9. The quantitative estimate of drug-likeness (QED) is 0.830.